The molecule has 2 aliphatic carbocycles. The lowest BCUT2D eigenvalue weighted by Gasteiger charge is -2.33. The van der Waals surface area contributed by atoms with Gasteiger partial charge < -0.3 is 0 Å². The van der Waals surface area contributed by atoms with Crippen LogP contribution in [0.3, 0.4) is 0 Å². The molecule has 104 valence electrons. The van der Waals surface area contributed by atoms with Crippen LogP contribution in [0.5, 0.6) is 0 Å². The summed E-state index contributed by atoms with van der Waals surface area (Å²) in [6.45, 7) is 0. The first kappa shape index (κ1) is 12.9. The quantitative estimate of drug-likeness (QED) is 0.798. The smallest absolute Gasteiger partial charge is 0.124 e. The molecule has 0 N–H and O–H groups in total. The second-order valence-corrected chi connectivity index (χ2v) is 5.97. The van der Waals surface area contributed by atoms with E-state index in [0.29, 0.717) is 5.57 Å². The number of hydrogen-bond donors (Lipinski definition) is 0. The van der Waals surface area contributed by atoms with Crippen LogP contribution in [0.25, 0.3) is 0 Å². The molecule has 0 spiro atoms. The normalized spacial score (nSPS) is 24.8. The summed E-state index contributed by atoms with van der Waals surface area (Å²) in [6, 6.07) is 21.2. The standard InChI is InChI=1S/C20H14N2/c21-12-17-10-9-15-7-4-8-16-11-18(14-5-2-1-3-6-14)20(17,13-22)19(15)16/h1-8,10,18H,9,11H2/t18-,20+/m0/s1. The Hall–Kier alpha value is -2.84. The molecule has 2 aromatic carbocycles. The van der Waals surface area contributed by atoms with Gasteiger partial charge in [-0.05, 0) is 35.1 Å². The minimum Gasteiger partial charge on any atom is -0.197 e. The molecule has 4 rings (SSSR count). The molecular weight excluding hydrogens is 268 g/mol. The average molecular weight is 282 g/mol. The summed E-state index contributed by atoms with van der Waals surface area (Å²) in [6.07, 6.45) is 3.51. The lowest BCUT2D eigenvalue weighted by Crippen LogP contribution is -2.33. The molecule has 0 unspecified atom stereocenters. The molecule has 0 heterocycles. The number of rotatable bonds is 1. The van der Waals surface area contributed by atoms with Crippen LogP contribution in [-0.4, -0.2) is 0 Å². The summed E-state index contributed by atoms with van der Waals surface area (Å²) in [7, 11) is 0. The van der Waals surface area contributed by atoms with Crippen LogP contribution in [0.4, 0.5) is 0 Å². The van der Waals surface area contributed by atoms with Crippen molar-refractivity contribution in [2.75, 3.05) is 0 Å². The molecule has 0 radical (unpaired) electrons. The van der Waals surface area contributed by atoms with Gasteiger partial charge in [0.05, 0.1) is 17.7 Å². The lowest BCUT2D eigenvalue weighted by molar-refractivity contribution is 0.541. The van der Waals surface area contributed by atoms with E-state index in [1.807, 2.05) is 24.3 Å². The third-order valence-electron chi connectivity index (χ3n) is 5.03. The molecule has 2 aliphatic rings. The second kappa shape index (κ2) is 4.58. The van der Waals surface area contributed by atoms with E-state index in [9.17, 15) is 10.5 Å². The zero-order valence-electron chi connectivity index (χ0n) is 12.1. The predicted molar refractivity (Wildman–Crippen MR) is 84.0 cm³/mol. The van der Waals surface area contributed by atoms with Gasteiger partial charge in [-0.1, -0.05) is 54.6 Å². The fraction of sp³-hybridized carbons (Fsp3) is 0.200. The van der Waals surface area contributed by atoms with Gasteiger partial charge >= 0.3 is 0 Å². The van der Waals surface area contributed by atoms with E-state index in [2.05, 4.69) is 42.5 Å². The highest BCUT2D eigenvalue weighted by molar-refractivity contribution is 5.65. The van der Waals surface area contributed by atoms with Crippen molar-refractivity contribution in [2.24, 2.45) is 0 Å². The Morgan fingerprint density at radius 2 is 1.73 bits per heavy atom. The van der Waals surface area contributed by atoms with E-state index >= 15 is 0 Å². The van der Waals surface area contributed by atoms with Crippen molar-refractivity contribution in [1.82, 2.24) is 0 Å². The molecule has 0 amide bonds. The fourth-order valence-electron chi connectivity index (χ4n) is 4.12. The van der Waals surface area contributed by atoms with E-state index < -0.39 is 5.41 Å². The summed E-state index contributed by atoms with van der Waals surface area (Å²) < 4.78 is 0. The maximum absolute atomic E-state index is 10.1. The summed E-state index contributed by atoms with van der Waals surface area (Å²) in [4.78, 5) is 0. The van der Waals surface area contributed by atoms with E-state index in [-0.39, 0.29) is 5.92 Å². The molecule has 2 nitrogen and oxygen atoms in total. The van der Waals surface area contributed by atoms with Crippen molar-refractivity contribution < 1.29 is 0 Å². The van der Waals surface area contributed by atoms with Crippen LogP contribution in [0.1, 0.15) is 28.2 Å². The van der Waals surface area contributed by atoms with E-state index in [0.717, 1.165) is 24.0 Å². The molecular formula is C20H14N2. The van der Waals surface area contributed by atoms with Gasteiger partial charge in [0, 0.05) is 5.92 Å². The lowest BCUT2D eigenvalue weighted by atomic mass is 9.64. The molecule has 2 aromatic rings. The first-order valence-electron chi connectivity index (χ1n) is 7.49. The first-order chi connectivity index (χ1) is 10.8. The Labute approximate surface area is 129 Å². The Kier molecular flexibility index (Phi) is 2.68. The third kappa shape index (κ3) is 1.47. The van der Waals surface area contributed by atoms with Crippen molar-refractivity contribution >= 4 is 0 Å². The van der Waals surface area contributed by atoms with Gasteiger partial charge in [-0.25, -0.2) is 0 Å². The SMILES string of the molecule is N#CC1=CCc2cccc3c2[C@@]1(C#N)[C@H](c1ccccc1)C3. The maximum Gasteiger partial charge on any atom is 0.124 e. The molecule has 0 saturated heterocycles. The fourth-order valence-corrected chi connectivity index (χ4v) is 4.12. The van der Waals surface area contributed by atoms with Gasteiger partial charge in [-0.2, -0.15) is 10.5 Å². The largest absolute Gasteiger partial charge is 0.197 e. The number of nitriles is 2. The summed E-state index contributed by atoms with van der Waals surface area (Å²) in [5.41, 5.74) is 4.42. The molecule has 0 saturated carbocycles. The van der Waals surface area contributed by atoms with Crippen molar-refractivity contribution in [3.8, 4) is 12.1 Å². The molecule has 0 aromatic heterocycles. The zero-order chi connectivity index (χ0) is 15.2. The van der Waals surface area contributed by atoms with E-state index in [1.54, 1.807) is 0 Å². The maximum atomic E-state index is 10.1. The second-order valence-electron chi connectivity index (χ2n) is 5.97. The monoisotopic (exact) mass is 282 g/mol. The van der Waals surface area contributed by atoms with Gasteiger partial charge in [-0.15, -0.1) is 0 Å². The molecule has 2 atom stereocenters. The Balaban J connectivity index is 2.03. The molecule has 0 bridgehead atoms. The van der Waals surface area contributed by atoms with Crippen molar-refractivity contribution in [3.05, 3.63) is 82.4 Å². The van der Waals surface area contributed by atoms with E-state index in [4.69, 9.17) is 0 Å². The van der Waals surface area contributed by atoms with Crippen LogP contribution >= 0.6 is 0 Å². The van der Waals surface area contributed by atoms with Gasteiger partial charge in [-0.3, -0.25) is 0 Å². The zero-order valence-corrected chi connectivity index (χ0v) is 12.1. The highest BCUT2D eigenvalue weighted by Gasteiger charge is 2.53. The third-order valence-corrected chi connectivity index (χ3v) is 5.03. The molecule has 0 fully saturated rings. The van der Waals surface area contributed by atoms with Crippen molar-refractivity contribution in [2.45, 2.75) is 24.2 Å². The van der Waals surface area contributed by atoms with Gasteiger partial charge in [0.1, 0.15) is 5.41 Å². The number of allylic oxidation sites excluding steroid dienone is 2. The Bertz CT molecular complexity index is 865. The van der Waals surface area contributed by atoms with Crippen LogP contribution < -0.4 is 0 Å². The van der Waals surface area contributed by atoms with E-state index in [1.165, 1.54) is 11.1 Å². The number of nitrogens with zero attached hydrogens (tertiary/aromatic N) is 2. The van der Waals surface area contributed by atoms with Crippen molar-refractivity contribution in [3.63, 3.8) is 0 Å². The Morgan fingerprint density at radius 3 is 2.45 bits per heavy atom. The summed E-state index contributed by atoms with van der Waals surface area (Å²) in [5.74, 6) is 0.0149. The predicted octanol–water partition coefficient (Wildman–Crippen LogP) is 3.79. The van der Waals surface area contributed by atoms with Gasteiger partial charge in [0.25, 0.3) is 0 Å². The number of hydrogen-bond acceptors (Lipinski definition) is 2. The average Bonchev–Trinajstić information content (AvgIpc) is 2.94. The van der Waals surface area contributed by atoms with Crippen LogP contribution in [0.2, 0.25) is 0 Å². The Morgan fingerprint density at radius 1 is 0.955 bits per heavy atom. The van der Waals surface area contributed by atoms with Gasteiger partial charge in [0.15, 0.2) is 0 Å². The summed E-state index contributed by atoms with van der Waals surface area (Å²) >= 11 is 0. The van der Waals surface area contributed by atoms with Crippen LogP contribution in [-0.2, 0) is 18.3 Å². The minimum absolute atomic E-state index is 0.0149. The first-order valence-corrected chi connectivity index (χ1v) is 7.49. The topological polar surface area (TPSA) is 47.6 Å². The van der Waals surface area contributed by atoms with Crippen molar-refractivity contribution in [1.29, 1.82) is 10.5 Å². The number of benzene rings is 2. The molecule has 22 heavy (non-hydrogen) atoms. The van der Waals surface area contributed by atoms with Crippen LogP contribution in [0, 0.1) is 22.7 Å². The highest BCUT2D eigenvalue weighted by Crippen LogP contribution is 2.55. The highest BCUT2D eigenvalue weighted by atomic mass is 14.5. The van der Waals surface area contributed by atoms with Gasteiger partial charge in [0.2, 0.25) is 0 Å². The molecule has 0 aliphatic heterocycles. The van der Waals surface area contributed by atoms with Crippen LogP contribution in [0.15, 0.2) is 60.2 Å². The summed E-state index contributed by atoms with van der Waals surface area (Å²) in [5, 5.41) is 19.7. The molecule has 2 heteroatoms. The minimum atomic E-state index is -0.819.